The number of fused-ring (bicyclic) bond motifs is 1. The first-order valence-corrected chi connectivity index (χ1v) is 10.8. The topological polar surface area (TPSA) is 137 Å². The molecule has 0 atom stereocenters. The molecule has 9 nitrogen and oxygen atoms in total. The fourth-order valence-electron chi connectivity index (χ4n) is 3.97. The third-order valence-corrected chi connectivity index (χ3v) is 5.80. The Labute approximate surface area is 194 Å². The van der Waals surface area contributed by atoms with E-state index in [1.165, 1.54) is 35.8 Å². The highest BCUT2D eigenvalue weighted by Gasteiger charge is 2.33. The molecule has 0 aliphatic carbocycles. The number of aromatic amines is 1. The molecule has 0 unspecified atom stereocenters. The molecule has 2 heterocycles. The molecule has 1 amide bonds. The van der Waals surface area contributed by atoms with Crippen LogP contribution in [0.3, 0.4) is 0 Å². The summed E-state index contributed by atoms with van der Waals surface area (Å²) >= 11 is 0. The van der Waals surface area contributed by atoms with Crippen LogP contribution in [0.25, 0.3) is 10.8 Å². The van der Waals surface area contributed by atoms with Gasteiger partial charge in [0.2, 0.25) is 0 Å². The van der Waals surface area contributed by atoms with Crippen LogP contribution in [0, 0.1) is 16.6 Å². The molecule has 1 aromatic heterocycles. The Morgan fingerprint density at radius 2 is 1.91 bits per heavy atom. The Kier molecular flexibility index (Phi) is 6.01. The predicted molar refractivity (Wildman–Crippen MR) is 126 cm³/mol. The number of amidine groups is 2. The number of carbonyl (C=O) groups excluding carboxylic acids is 1. The first kappa shape index (κ1) is 23.2. The molecule has 0 radical (unpaired) electrons. The van der Waals surface area contributed by atoms with Gasteiger partial charge in [0.25, 0.3) is 11.5 Å². The van der Waals surface area contributed by atoms with Crippen LogP contribution in [0.2, 0.25) is 0 Å². The van der Waals surface area contributed by atoms with Crippen molar-refractivity contribution in [1.82, 2.24) is 20.0 Å². The molecule has 1 aliphatic heterocycles. The van der Waals surface area contributed by atoms with Gasteiger partial charge in [0.05, 0.1) is 23.2 Å². The zero-order valence-electron chi connectivity index (χ0n) is 18.9. The number of nitrogens with zero attached hydrogens (tertiary/aromatic N) is 3. The standard InChI is InChI=1S/C24H25FN6O3/c1-24(2,34)23(27)31-10-9-30(13-20(31)26)22(33)17-11-14(7-8-18(17)25)12-19-15-5-3-4-6-16(15)21(32)29-28-19/h3-8,11,26-27,34H,9-10,12-13H2,1-2H3,(H,29,32). The number of benzene rings is 2. The molecule has 4 N–H and O–H groups in total. The summed E-state index contributed by atoms with van der Waals surface area (Å²) < 4.78 is 14.6. The summed E-state index contributed by atoms with van der Waals surface area (Å²) in [5.74, 6) is -1.38. The van der Waals surface area contributed by atoms with Gasteiger partial charge >= 0.3 is 0 Å². The summed E-state index contributed by atoms with van der Waals surface area (Å²) in [5, 5.41) is 34.2. The van der Waals surface area contributed by atoms with E-state index in [4.69, 9.17) is 10.8 Å². The molecule has 1 saturated heterocycles. The Hall–Kier alpha value is -3.92. The predicted octanol–water partition coefficient (Wildman–Crippen LogP) is 2.14. The van der Waals surface area contributed by atoms with Gasteiger partial charge in [-0.05, 0) is 37.6 Å². The zero-order valence-corrected chi connectivity index (χ0v) is 18.9. The lowest BCUT2D eigenvalue weighted by molar-refractivity contribution is 0.0746. The summed E-state index contributed by atoms with van der Waals surface area (Å²) in [4.78, 5) is 27.8. The number of hydrogen-bond donors (Lipinski definition) is 4. The van der Waals surface area contributed by atoms with Crippen LogP contribution < -0.4 is 5.56 Å². The van der Waals surface area contributed by atoms with Crippen LogP contribution in [-0.4, -0.2) is 67.9 Å². The van der Waals surface area contributed by atoms with Gasteiger partial charge in [0, 0.05) is 24.9 Å². The van der Waals surface area contributed by atoms with Gasteiger partial charge in [0.1, 0.15) is 23.1 Å². The van der Waals surface area contributed by atoms with E-state index < -0.39 is 17.3 Å². The minimum Gasteiger partial charge on any atom is -0.383 e. The minimum atomic E-state index is -1.42. The van der Waals surface area contributed by atoms with Crippen molar-refractivity contribution in [1.29, 1.82) is 10.8 Å². The Morgan fingerprint density at radius 3 is 2.59 bits per heavy atom. The highest BCUT2D eigenvalue weighted by Crippen LogP contribution is 2.21. The highest BCUT2D eigenvalue weighted by molar-refractivity contribution is 6.05. The molecule has 0 spiro atoms. The van der Waals surface area contributed by atoms with Crippen molar-refractivity contribution in [3.63, 3.8) is 0 Å². The number of aliphatic hydroxyl groups is 1. The third-order valence-electron chi connectivity index (χ3n) is 5.80. The summed E-state index contributed by atoms with van der Waals surface area (Å²) in [6, 6.07) is 11.3. The van der Waals surface area contributed by atoms with E-state index in [1.807, 2.05) is 0 Å². The summed E-state index contributed by atoms with van der Waals surface area (Å²) in [6.07, 6.45) is 0.282. The van der Waals surface area contributed by atoms with Gasteiger partial charge < -0.3 is 14.9 Å². The molecule has 0 saturated carbocycles. The third kappa shape index (κ3) is 4.44. The van der Waals surface area contributed by atoms with Crippen molar-refractivity contribution in [3.05, 3.63) is 75.5 Å². The lowest BCUT2D eigenvalue weighted by Crippen LogP contribution is -2.57. The molecule has 1 fully saturated rings. The van der Waals surface area contributed by atoms with Crippen LogP contribution >= 0.6 is 0 Å². The first-order valence-electron chi connectivity index (χ1n) is 10.8. The van der Waals surface area contributed by atoms with E-state index in [0.717, 1.165) is 0 Å². The van der Waals surface area contributed by atoms with Gasteiger partial charge in [-0.3, -0.25) is 20.4 Å². The lowest BCUT2D eigenvalue weighted by atomic mass is 10.0. The van der Waals surface area contributed by atoms with Crippen molar-refractivity contribution in [2.24, 2.45) is 0 Å². The van der Waals surface area contributed by atoms with Gasteiger partial charge in [-0.1, -0.05) is 24.3 Å². The van der Waals surface area contributed by atoms with Crippen molar-refractivity contribution >= 4 is 28.4 Å². The second-order valence-corrected chi connectivity index (χ2v) is 8.77. The van der Waals surface area contributed by atoms with Crippen LogP contribution in [0.4, 0.5) is 4.39 Å². The molecule has 3 aromatic rings. The second-order valence-electron chi connectivity index (χ2n) is 8.77. The maximum Gasteiger partial charge on any atom is 0.272 e. The molecule has 4 rings (SSSR count). The fourth-order valence-corrected chi connectivity index (χ4v) is 3.97. The molecule has 176 valence electrons. The number of rotatable bonds is 4. The van der Waals surface area contributed by atoms with E-state index in [-0.39, 0.29) is 48.8 Å². The smallest absolute Gasteiger partial charge is 0.272 e. The SMILES string of the molecule is CC(C)(O)C(=N)N1CCN(C(=O)c2cc(Cc3n[nH]c(=O)c4ccccc34)ccc2F)CC1=N. The Morgan fingerprint density at radius 1 is 1.21 bits per heavy atom. The minimum absolute atomic E-state index is 0.0211. The van der Waals surface area contributed by atoms with Crippen LogP contribution in [0.5, 0.6) is 0 Å². The molecule has 2 aromatic carbocycles. The van der Waals surface area contributed by atoms with Crippen molar-refractivity contribution < 1.29 is 14.3 Å². The first-order chi connectivity index (χ1) is 16.1. The number of aromatic nitrogens is 2. The van der Waals surface area contributed by atoms with Gasteiger partial charge in [-0.15, -0.1) is 0 Å². The molecule has 34 heavy (non-hydrogen) atoms. The second kappa shape index (κ2) is 8.79. The summed E-state index contributed by atoms with van der Waals surface area (Å²) in [7, 11) is 0. The molecular weight excluding hydrogens is 439 g/mol. The molecule has 1 aliphatic rings. The van der Waals surface area contributed by atoms with Crippen molar-refractivity contribution in [2.45, 2.75) is 25.9 Å². The van der Waals surface area contributed by atoms with E-state index >= 15 is 0 Å². The fraction of sp³-hybridized carbons (Fsp3) is 0.292. The maximum absolute atomic E-state index is 14.6. The monoisotopic (exact) mass is 464 g/mol. The number of piperazine rings is 1. The summed E-state index contributed by atoms with van der Waals surface area (Å²) in [5.41, 5.74) is -0.593. The highest BCUT2D eigenvalue weighted by atomic mass is 19.1. The Balaban J connectivity index is 1.56. The quantitative estimate of drug-likeness (QED) is 0.346. The van der Waals surface area contributed by atoms with Crippen LogP contribution in [0.15, 0.2) is 47.3 Å². The van der Waals surface area contributed by atoms with Crippen LogP contribution in [-0.2, 0) is 6.42 Å². The average molecular weight is 465 g/mol. The summed E-state index contributed by atoms with van der Waals surface area (Å²) in [6.45, 7) is 3.15. The number of halogens is 1. The van der Waals surface area contributed by atoms with Crippen molar-refractivity contribution in [2.75, 3.05) is 19.6 Å². The van der Waals surface area contributed by atoms with Gasteiger partial charge in [-0.2, -0.15) is 5.10 Å². The molecule has 0 bridgehead atoms. The largest absolute Gasteiger partial charge is 0.383 e. The van der Waals surface area contributed by atoms with E-state index in [9.17, 15) is 19.1 Å². The number of H-pyrrole nitrogens is 1. The maximum atomic E-state index is 14.6. The van der Waals surface area contributed by atoms with E-state index in [2.05, 4.69) is 10.2 Å². The normalized spacial score (nSPS) is 14.5. The molecule has 10 heteroatoms. The lowest BCUT2D eigenvalue weighted by Gasteiger charge is -2.39. The molecular formula is C24H25FN6O3. The van der Waals surface area contributed by atoms with E-state index in [1.54, 1.807) is 30.3 Å². The number of nitrogens with one attached hydrogen (secondary N) is 3. The van der Waals surface area contributed by atoms with Crippen LogP contribution in [0.1, 0.15) is 35.5 Å². The van der Waals surface area contributed by atoms with Crippen molar-refractivity contribution in [3.8, 4) is 0 Å². The van der Waals surface area contributed by atoms with E-state index in [0.29, 0.717) is 22.0 Å². The van der Waals surface area contributed by atoms with Gasteiger partial charge in [0.15, 0.2) is 0 Å². The average Bonchev–Trinajstić information content (AvgIpc) is 2.80. The number of carbonyl (C=O) groups is 1. The number of hydrogen-bond acceptors (Lipinski definition) is 6. The Bertz CT molecular complexity index is 1360. The zero-order chi connectivity index (χ0) is 24.6. The number of amides is 1. The van der Waals surface area contributed by atoms with Gasteiger partial charge in [-0.25, -0.2) is 9.49 Å².